The van der Waals surface area contributed by atoms with Crippen LogP contribution in [0, 0.1) is 19.8 Å². The molecule has 0 aromatic heterocycles. The Morgan fingerprint density at radius 1 is 1.67 bits per heavy atom. The molecule has 0 saturated carbocycles. The summed E-state index contributed by atoms with van der Waals surface area (Å²) in [7, 11) is 0. The van der Waals surface area contributed by atoms with Crippen molar-refractivity contribution in [2.24, 2.45) is 5.92 Å². The molecule has 0 saturated heterocycles. The highest BCUT2D eigenvalue weighted by molar-refractivity contribution is 5.00. The van der Waals surface area contributed by atoms with Crippen molar-refractivity contribution in [2.75, 3.05) is 0 Å². The Bertz CT molecular complexity index is 86.2. The van der Waals surface area contributed by atoms with Gasteiger partial charge in [0.2, 0.25) is 0 Å². The van der Waals surface area contributed by atoms with Gasteiger partial charge in [-0.15, -0.1) is 0 Å². The van der Waals surface area contributed by atoms with Gasteiger partial charge < -0.3 is 0 Å². The molecular weight excluding hydrogens is 108 g/mol. The molecule has 9 heavy (non-hydrogen) atoms. The van der Waals surface area contributed by atoms with E-state index in [0.29, 0.717) is 5.92 Å². The van der Waals surface area contributed by atoms with E-state index in [1.54, 1.807) is 0 Å². The van der Waals surface area contributed by atoms with E-state index in [1.807, 2.05) is 6.92 Å². The first-order valence-electron chi connectivity index (χ1n) is 3.44. The Hall–Kier alpha value is -0.260. The average Bonchev–Trinajstić information content (AvgIpc) is 1.83. The molecule has 0 aromatic carbocycles. The lowest BCUT2D eigenvalue weighted by molar-refractivity contribution is 0.600. The van der Waals surface area contributed by atoms with Gasteiger partial charge in [-0.2, -0.15) is 0 Å². The quantitative estimate of drug-likeness (QED) is 0.542. The lowest BCUT2D eigenvalue weighted by Crippen LogP contribution is -1.88. The molecule has 0 bridgehead atoms. The van der Waals surface area contributed by atoms with Crippen molar-refractivity contribution in [1.29, 1.82) is 0 Å². The summed E-state index contributed by atoms with van der Waals surface area (Å²) in [6.45, 7) is 11.8. The summed E-state index contributed by atoms with van der Waals surface area (Å²) in [5, 5.41) is 0. The second-order valence-electron chi connectivity index (χ2n) is 2.68. The highest BCUT2D eigenvalue weighted by Crippen LogP contribution is 2.07. The number of hydrogen-bond acceptors (Lipinski definition) is 0. The summed E-state index contributed by atoms with van der Waals surface area (Å²) in [5.41, 5.74) is 1.16. The highest BCUT2D eigenvalue weighted by atomic mass is 14.0. The van der Waals surface area contributed by atoms with Gasteiger partial charge in [0, 0.05) is 0 Å². The van der Waals surface area contributed by atoms with Crippen LogP contribution in [0.1, 0.15) is 26.7 Å². The van der Waals surface area contributed by atoms with Crippen LogP contribution in [0.3, 0.4) is 0 Å². The smallest absolute Gasteiger partial charge is 0.0286 e. The fourth-order valence-corrected chi connectivity index (χ4v) is 0.520. The van der Waals surface area contributed by atoms with Gasteiger partial charge in [0.1, 0.15) is 0 Å². The van der Waals surface area contributed by atoms with Gasteiger partial charge in [-0.1, -0.05) is 31.9 Å². The van der Waals surface area contributed by atoms with Gasteiger partial charge in [0.15, 0.2) is 0 Å². The van der Waals surface area contributed by atoms with Crippen molar-refractivity contribution in [2.45, 2.75) is 26.7 Å². The van der Waals surface area contributed by atoms with Crippen LogP contribution in [0.5, 0.6) is 0 Å². The third-order valence-corrected chi connectivity index (χ3v) is 1.36. The summed E-state index contributed by atoms with van der Waals surface area (Å²) in [4.78, 5) is 0. The molecule has 0 aliphatic rings. The van der Waals surface area contributed by atoms with Crippen LogP contribution in [-0.4, -0.2) is 0 Å². The highest BCUT2D eigenvalue weighted by Gasteiger charge is 1.93. The topological polar surface area (TPSA) is 0 Å². The zero-order valence-electron chi connectivity index (χ0n) is 6.48. The molecule has 0 rings (SSSR count). The molecule has 0 spiro atoms. The second-order valence-corrected chi connectivity index (χ2v) is 2.68. The standard InChI is InChI=1S/C9H16/c1-5-9(4)7-6-8(2)3/h6,9H,1-2,5,7H2,3-4H3. The van der Waals surface area contributed by atoms with Crippen LogP contribution >= 0.6 is 0 Å². The predicted octanol–water partition coefficient (Wildman–Crippen LogP) is 3.02. The second kappa shape index (κ2) is 4.60. The molecule has 0 aliphatic heterocycles. The van der Waals surface area contributed by atoms with Crippen LogP contribution in [0.2, 0.25) is 0 Å². The Labute approximate surface area is 59.0 Å². The first-order chi connectivity index (χ1) is 4.16. The fraction of sp³-hybridized carbons (Fsp3) is 0.556. The minimum Gasteiger partial charge on any atom is -0.0853 e. The third kappa shape index (κ3) is 5.61. The van der Waals surface area contributed by atoms with E-state index in [4.69, 9.17) is 0 Å². The lowest BCUT2D eigenvalue weighted by atomic mass is 10.0. The first kappa shape index (κ1) is 8.74. The summed E-state index contributed by atoms with van der Waals surface area (Å²) < 4.78 is 0. The van der Waals surface area contributed by atoms with Crippen LogP contribution < -0.4 is 0 Å². The SMILES string of the molecule is [CH2]CC(C)CC=C([CH2])C. The Morgan fingerprint density at radius 2 is 2.22 bits per heavy atom. The van der Waals surface area contributed by atoms with Crippen LogP contribution in [0.15, 0.2) is 11.6 Å². The molecule has 0 aromatic rings. The van der Waals surface area contributed by atoms with Crippen molar-refractivity contribution in [3.8, 4) is 0 Å². The van der Waals surface area contributed by atoms with E-state index in [9.17, 15) is 0 Å². The Morgan fingerprint density at radius 3 is 2.56 bits per heavy atom. The maximum atomic E-state index is 3.81. The third-order valence-electron chi connectivity index (χ3n) is 1.36. The Balaban J connectivity index is 3.37. The summed E-state index contributed by atoms with van der Waals surface area (Å²) >= 11 is 0. The van der Waals surface area contributed by atoms with E-state index >= 15 is 0 Å². The fourth-order valence-electron chi connectivity index (χ4n) is 0.520. The van der Waals surface area contributed by atoms with E-state index in [2.05, 4.69) is 26.8 Å². The minimum absolute atomic E-state index is 0.710. The average molecular weight is 124 g/mol. The molecule has 1 atom stereocenters. The predicted molar refractivity (Wildman–Crippen MR) is 42.9 cm³/mol. The Kier molecular flexibility index (Phi) is 4.47. The molecule has 0 aliphatic carbocycles. The number of hydrogen-bond donors (Lipinski definition) is 0. The van der Waals surface area contributed by atoms with Gasteiger partial charge in [-0.3, -0.25) is 0 Å². The molecule has 0 N–H and O–H groups in total. The van der Waals surface area contributed by atoms with Gasteiger partial charge in [0.05, 0.1) is 0 Å². The van der Waals surface area contributed by atoms with E-state index in [1.165, 1.54) is 0 Å². The number of allylic oxidation sites excluding steroid dienone is 2. The van der Waals surface area contributed by atoms with Gasteiger partial charge in [0.25, 0.3) is 0 Å². The zero-order chi connectivity index (χ0) is 7.28. The summed E-state index contributed by atoms with van der Waals surface area (Å²) in [6.07, 6.45) is 4.30. The molecule has 1 unspecified atom stereocenters. The van der Waals surface area contributed by atoms with Gasteiger partial charge >= 0.3 is 0 Å². The maximum absolute atomic E-state index is 3.81. The molecular formula is C9H16. The van der Waals surface area contributed by atoms with Crippen molar-refractivity contribution in [3.63, 3.8) is 0 Å². The normalized spacial score (nSPS) is 15.8. The van der Waals surface area contributed by atoms with Crippen LogP contribution in [0.25, 0.3) is 0 Å². The van der Waals surface area contributed by atoms with Gasteiger partial charge in [-0.05, 0) is 26.2 Å². The minimum atomic E-state index is 0.710. The molecule has 52 valence electrons. The molecule has 0 nitrogen and oxygen atoms in total. The van der Waals surface area contributed by atoms with Crippen LogP contribution in [-0.2, 0) is 0 Å². The van der Waals surface area contributed by atoms with Crippen molar-refractivity contribution < 1.29 is 0 Å². The summed E-state index contributed by atoms with van der Waals surface area (Å²) in [6, 6.07) is 0. The van der Waals surface area contributed by atoms with Crippen molar-refractivity contribution >= 4 is 0 Å². The molecule has 0 heteroatoms. The van der Waals surface area contributed by atoms with Crippen molar-refractivity contribution in [1.82, 2.24) is 0 Å². The van der Waals surface area contributed by atoms with E-state index < -0.39 is 0 Å². The van der Waals surface area contributed by atoms with Gasteiger partial charge in [-0.25, -0.2) is 0 Å². The van der Waals surface area contributed by atoms with Crippen molar-refractivity contribution in [3.05, 3.63) is 25.5 Å². The first-order valence-corrected chi connectivity index (χ1v) is 3.44. The number of rotatable bonds is 3. The maximum Gasteiger partial charge on any atom is -0.0286 e. The lowest BCUT2D eigenvalue weighted by Gasteiger charge is -2.02. The summed E-state index contributed by atoms with van der Waals surface area (Å²) in [5.74, 6) is 0.710. The van der Waals surface area contributed by atoms with E-state index in [0.717, 1.165) is 18.4 Å². The monoisotopic (exact) mass is 124 g/mol. The molecule has 0 fully saturated rings. The van der Waals surface area contributed by atoms with E-state index in [-0.39, 0.29) is 0 Å². The molecule has 0 heterocycles. The zero-order valence-corrected chi connectivity index (χ0v) is 6.48. The largest absolute Gasteiger partial charge is 0.0853 e. The molecule has 0 amide bonds. The molecule has 2 radical (unpaired) electrons. The van der Waals surface area contributed by atoms with Crippen LogP contribution in [0.4, 0.5) is 0 Å².